The zero-order valence-corrected chi connectivity index (χ0v) is 14.1. The minimum Gasteiger partial charge on any atom is -0.438 e. The number of halogens is 2. The van der Waals surface area contributed by atoms with Gasteiger partial charge in [0.15, 0.2) is 0 Å². The first-order valence-electron chi connectivity index (χ1n) is 6.91. The van der Waals surface area contributed by atoms with E-state index in [1.165, 1.54) is 6.33 Å². The van der Waals surface area contributed by atoms with Crippen LogP contribution >= 0.6 is 23.2 Å². The van der Waals surface area contributed by atoms with E-state index in [9.17, 15) is 0 Å². The van der Waals surface area contributed by atoms with E-state index in [1.54, 1.807) is 0 Å². The van der Waals surface area contributed by atoms with Gasteiger partial charge in [-0.05, 0) is 42.5 Å². The summed E-state index contributed by atoms with van der Waals surface area (Å²) in [4.78, 5) is 8.18. The van der Waals surface area contributed by atoms with Crippen LogP contribution in [0.15, 0.2) is 18.5 Å². The Bertz CT molecular complexity index is 657. The monoisotopic (exact) mass is 324 g/mol. The van der Waals surface area contributed by atoms with Crippen molar-refractivity contribution in [1.82, 2.24) is 9.97 Å². The molecule has 0 aliphatic heterocycles. The molecular weight excluding hydrogens is 307 g/mol. The summed E-state index contributed by atoms with van der Waals surface area (Å²) in [6, 6.07) is 3.89. The van der Waals surface area contributed by atoms with E-state index in [-0.39, 0.29) is 0 Å². The summed E-state index contributed by atoms with van der Waals surface area (Å²) in [5.74, 6) is 1.56. The van der Waals surface area contributed by atoms with Gasteiger partial charge in [-0.15, -0.1) is 0 Å². The second kappa shape index (κ2) is 6.63. The first-order valence-corrected chi connectivity index (χ1v) is 7.66. The molecule has 5 heteroatoms. The van der Waals surface area contributed by atoms with Crippen LogP contribution in [0.5, 0.6) is 11.6 Å². The highest BCUT2D eigenvalue weighted by Crippen LogP contribution is 2.35. The van der Waals surface area contributed by atoms with Gasteiger partial charge in [-0.2, -0.15) is 0 Å². The van der Waals surface area contributed by atoms with Crippen LogP contribution in [-0.4, -0.2) is 9.97 Å². The molecule has 0 aliphatic rings. The minimum atomic E-state index is 0.320. The Labute approximate surface area is 135 Å². The van der Waals surface area contributed by atoms with Crippen molar-refractivity contribution in [2.45, 2.75) is 40.0 Å². The van der Waals surface area contributed by atoms with Crippen molar-refractivity contribution in [3.63, 3.8) is 0 Å². The van der Waals surface area contributed by atoms with Crippen LogP contribution in [0, 0.1) is 6.92 Å². The molecule has 0 saturated heterocycles. The molecule has 0 atom stereocenters. The summed E-state index contributed by atoms with van der Waals surface area (Å²) in [6.45, 7) is 8.14. The fourth-order valence-electron chi connectivity index (χ4n) is 2.09. The molecule has 1 heterocycles. The summed E-state index contributed by atoms with van der Waals surface area (Å²) >= 11 is 12.4. The Kier molecular flexibility index (Phi) is 5.07. The molecule has 21 heavy (non-hydrogen) atoms. The standard InChI is InChI=1S/C16H18Cl2N2O/c1-5-11-15(18)19-8-20-16(11)21-14-7-12(9(2)3)13(17)6-10(14)4/h6-9H,5H2,1-4H3. The molecule has 0 saturated carbocycles. The third-order valence-electron chi connectivity index (χ3n) is 3.33. The summed E-state index contributed by atoms with van der Waals surface area (Å²) in [7, 11) is 0. The van der Waals surface area contributed by atoms with E-state index >= 15 is 0 Å². The van der Waals surface area contributed by atoms with Crippen LogP contribution in [0.2, 0.25) is 10.2 Å². The third kappa shape index (κ3) is 3.47. The molecule has 0 radical (unpaired) electrons. The fraction of sp³-hybridized carbons (Fsp3) is 0.375. The molecule has 0 unspecified atom stereocenters. The van der Waals surface area contributed by atoms with Gasteiger partial charge >= 0.3 is 0 Å². The van der Waals surface area contributed by atoms with Gasteiger partial charge in [-0.1, -0.05) is 44.0 Å². The molecule has 2 aromatic rings. The number of hydrogen-bond donors (Lipinski definition) is 0. The lowest BCUT2D eigenvalue weighted by atomic mass is 10.0. The highest BCUT2D eigenvalue weighted by Gasteiger charge is 2.14. The predicted octanol–water partition coefficient (Wildman–Crippen LogP) is 5.57. The Morgan fingerprint density at radius 1 is 1.19 bits per heavy atom. The van der Waals surface area contributed by atoms with Crippen LogP contribution in [0.1, 0.15) is 43.4 Å². The Balaban J connectivity index is 2.45. The summed E-state index contributed by atoms with van der Waals surface area (Å²) in [5, 5.41) is 1.18. The van der Waals surface area contributed by atoms with Crippen molar-refractivity contribution in [2.75, 3.05) is 0 Å². The maximum absolute atomic E-state index is 6.28. The lowest BCUT2D eigenvalue weighted by Crippen LogP contribution is -1.99. The molecule has 1 aromatic heterocycles. The largest absolute Gasteiger partial charge is 0.438 e. The van der Waals surface area contributed by atoms with Crippen LogP contribution in [0.25, 0.3) is 0 Å². The van der Waals surface area contributed by atoms with Gasteiger partial charge in [0.25, 0.3) is 0 Å². The molecular formula is C16H18Cl2N2O. The number of aryl methyl sites for hydroxylation is 1. The Hall–Kier alpha value is -1.32. The van der Waals surface area contributed by atoms with E-state index in [0.29, 0.717) is 23.4 Å². The van der Waals surface area contributed by atoms with Crippen molar-refractivity contribution in [3.05, 3.63) is 45.3 Å². The highest BCUT2D eigenvalue weighted by atomic mass is 35.5. The number of hydrogen-bond acceptors (Lipinski definition) is 3. The van der Waals surface area contributed by atoms with Crippen molar-refractivity contribution in [2.24, 2.45) is 0 Å². The maximum Gasteiger partial charge on any atom is 0.227 e. The Morgan fingerprint density at radius 3 is 2.52 bits per heavy atom. The number of ether oxygens (including phenoxy) is 1. The predicted molar refractivity (Wildman–Crippen MR) is 86.8 cm³/mol. The Morgan fingerprint density at radius 2 is 1.90 bits per heavy atom. The van der Waals surface area contributed by atoms with Crippen LogP contribution in [0.4, 0.5) is 0 Å². The lowest BCUT2D eigenvalue weighted by molar-refractivity contribution is 0.451. The molecule has 0 aliphatic carbocycles. The molecule has 0 bridgehead atoms. The first kappa shape index (κ1) is 16.1. The van der Waals surface area contributed by atoms with Gasteiger partial charge in [-0.3, -0.25) is 0 Å². The highest BCUT2D eigenvalue weighted by molar-refractivity contribution is 6.31. The van der Waals surface area contributed by atoms with E-state index in [0.717, 1.165) is 27.5 Å². The fourth-order valence-corrected chi connectivity index (χ4v) is 2.78. The van der Waals surface area contributed by atoms with Gasteiger partial charge in [0.1, 0.15) is 17.2 Å². The molecule has 0 spiro atoms. The third-order valence-corrected chi connectivity index (χ3v) is 3.98. The van der Waals surface area contributed by atoms with E-state index in [2.05, 4.69) is 23.8 Å². The second-order valence-electron chi connectivity index (χ2n) is 5.20. The molecule has 1 aromatic carbocycles. The molecule has 3 nitrogen and oxygen atoms in total. The number of nitrogens with zero attached hydrogens (tertiary/aromatic N) is 2. The van der Waals surface area contributed by atoms with Gasteiger partial charge in [-0.25, -0.2) is 9.97 Å². The smallest absolute Gasteiger partial charge is 0.227 e. The summed E-state index contributed by atoms with van der Waals surface area (Å²) < 4.78 is 5.96. The van der Waals surface area contributed by atoms with Crippen LogP contribution < -0.4 is 4.74 Å². The minimum absolute atomic E-state index is 0.320. The summed E-state index contributed by atoms with van der Waals surface area (Å²) in [5.41, 5.74) is 2.82. The summed E-state index contributed by atoms with van der Waals surface area (Å²) in [6.07, 6.45) is 2.12. The molecule has 0 amide bonds. The van der Waals surface area contributed by atoms with E-state index in [4.69, 9.17) is 27.9 Å². The molecule has 0 fully saturated rings. The first-order chi connectivity index (χ1) is 9.93. The average molecular weight is 325 g/mol. The molecule has 2 rings (SSSR count). The SMILES string of the molecule is CCc1c(Cl)ncnc1Oc1cc(C(C)C)c(Cl)cc1C. The number of aromatic nitrogens is 2. The average Bonchev–Trinajstić information content (AvgIpc) is 2.41. The van der Waals surface area contributed by atoms with Gasteiger partial charge < -0.3 is 4.74 Å². The van der Waals surface area contributed by atoms with Crippen molar-refractivity contribution in [3.8, 4) is 11.6 Å². The van der Waals surface area contributed by atoms with Crippen LogP contribution in [-0.2, 0) is 6.42 Å². The van der Waals surface area contributed by atoms with Gasteiger partial charge in [0.2, 0.25) is 5.88 Å². The lowest BCUT2D eigenvalue weighted by Gasteiger charge is -2.15. The number of rotatable bonds is 4. The van der Waals surface area contributed by atoms with Crippen LogP contribution in [0.3, 0.4) is 0 Å². The zero-order chi connectivity index (χ0) is 15.6. The van der Waals surface area contributed by atoms with Gasteiger partial charge in [0, 0.05) is 5.02 Å². The molecule has 0 N–H and O–H groups in total. The van der Waals surface area contributed by atoms with Crippen molar-refractivity contribution in [1.29, 1.82) is 0 Å². The number of benzene rings is 1. The van der Waals surface area contributed by atoms with Crippen molar-refractivity contribution < 1.29 is 4.74 Å². The zero-order valence-electron chi connectivity index (χ0n) is 12.6. The van der Waals surface area contributed by atoms with Crippen molar-refractivity contribution >= 4 is 23.2 Å². The van der Waals surface area contributed by atoms with Gasteiger partial charge in [0.05, 0.1) is 5.56 Å². The normalized spacial score (nSPS) is 11.0. The van der Waals surface area contributed by atoms with E-state index in [1.807, 2.05) is 26.0 Å². The topological polar surface area (TPSA) is 35.0 Å². The van der Waals surface area contributed by atoms with E-state index < -0.39 is 0 Å². The second-order valence-corrected chi connectivity index (χ2v) is 5.96. The molecule has 112 valence electrons. The maximum atomic E-state index is 6.28. The quantitative estimate of drug-likeness (QED) is 0.689.